The van der Waals surface area contributed by atoms with Crippen molar-refractivity contribution < 1.29 is 4.79 Å². The van der Waals surface area contributed by atoms with Crippen molar-refractivity contribution in [3.63, 3.8) is 0 Å². The summed E-state index contributed by atoms with van der Waals surface area (Å²) in [5, 5.41) is 17.8. The Morgan fingerprint density at radius 1 is 1.25 bits per heavy atom. The van der Waals surface area contributed by atoms with Crippen molar-refractivity contribution in [1.29, 1.82) is 0 Å². The molecule has 1 atom stereocenters. The van der Waals surface area contributed by atoms with Gasteiger partial charge in [0.05, 0.1) is 5.69 Å². The molecule has 0 spiro atoms. The number of hydrogen-bond donors (Lipinski definition) is 1. The van der Waals surface area contributed by atoms with Gasteiger partial charge in [0.25, 0.3) is 0 Å². The van der Waals surface area contributed by atoms with Gasteiger partial charge in [0.1, 0.15) is 18.2 Å². The van der Waals surface area contributed by atoms with Gasteiger partial charge in [-0.15, -0.1) is 5.10 Å². The smallest absolute Gasteiger partial charge is 0.341 e. The van der Waals surface area contributed by atoms with Crippen LogP contribution in [0.4, 0.5) is 0 Å². The highest BCUT2D eigenvalue weighted by Crippen LogP contribution is 2.23. The molecule has 2 aromatic heterocycles. The molecule has 1 aliphatic heterocycles. The minimum absolute atomic E-state index is 0.0201. The Morgan fingerprint density at radius 2 is 2.00 bits per heavy atom. The van der Waals surface area contributed by atoms with Gasteiger partial charge in [-0.25, -0.2) is 19.1 Å². The van der Waals surface area contributed by atoms with Crippen molar-refractivity contribution >= 4 is 5.91 Å². The maximum absolute atomic E-state index is 12.7. The van der Waals surface area contributed by atoms with Crippen LogP contribution in [0.2, 0.25) is 0 Å². The van der Waals surface area contributed by atoms with E-state index in [9.17, 15) is 9.59 Å². The van der Waals surface area contributed by atoms with E-state index in [4.69, 9.17) is 0 Å². The zero-order valence-corrected chi connectivity index (χ0v) is 15.6. The lowest BCUT2D eigenvalue weighted by Gasteiger charge is -2.33. The topological polar surface area (TPSA) is 115 Å². The molecule has 1 amide bonds. The molecule has 10 nitrogen and oxygen atoms in total. The van der Waals surface area contributed by atoms with E-state index in [0.717, 1.165) is 24.4 Å². The first-order chi connectivity index (χ1) is 13.6. The Balaban J connectivity index is 1.39. The zero-order valence-electron chi connectivity index (χ0n) is 15.6. The lowest BCUT2D eigenvalue weighted by atomic mass is 9.93. The first kappa shape index (κ1) is 18.1. The molecule has 1 fully saturated rings. The fourth-order valence-corrected chi connectivity index (χ4v) is 3.65. The maximum Gasteiger partial charge on any atom is 0.347 e. The predicted molar refractivity (Wildman–Crippen MR) is 99.7 cm³/mol. The Kier molecular flexibility index (Phi) is 5.00. The lowest BCUT2D eigenvalue weighted by Crippen LogP contribution is -2.42. The normalized spacial score (nSPS) is 16.2. The van der Waals surface area contributed by atoms with E-state index in [-0.39, 0.29) is 11.6 Å². The summed E-state index contributed by atoms with van der Waals surface area (Å²) in [6, 6.07) is 9.07. The van der Waals surface area contributed by atoms with Crippen LogP contribution >= 0.6 is 0 Å². The monoisotopic (exact) mass is 382 g/mol. The van der Waals surface area contributed by atoms with Crippen LogP contribution in [0.5, 0.6) is 0 Å². The summed E-state index contributed by atoms with van der Waals surface area (Å²) < 4.78 is 3.09. The number of H-pyrrole nitrogens is 1. The molecule has 28 heavy (non-hydrogen) atoms. The van der Waals surface area contributed by atoms with Crippen LogP contribution in [-0.2, 0) is 11.2 Å². The summed E-state index contributed by atoms with van der Waals surface area (Å²) in [5.41, 5.74) is 0.572. The van der Waals surface area contributed by atoms with E-state index in [1.165, 1.54) is 11.0 Å². The van der Waals surface area contributed by atoms with Crippen molar-refractivity contribution in [3.05, 3.63) is 53.0 Å². The summed E-state index contributed by atoms with van der Waals surface area (Å²) in [6.45, 7) is 3.15. The van der Waals surface area contributed by atoms with Crippen LogP contribution in [0.25, 0.3) is 5.69 Å². The van der Waals surface area contributed by atoms with Gasteiger partial charge in [-0.1, -0.05) is 18.2 Å². The molecular formula is C18H22N8O2. The molecule has 1 aliphatic rings. The van der Waals surface area contributed by atoms with Gasteiger partial charge in [-0.05, 0) is 48.2 Å². The molecule has 1 N–H and O–H groups in total. The van der Waals surface area contributed by atoms with Gasteiger partial charge in [0.15, 0.2) is 0 Å². The minimum atomic E-state index is -0.416. The first-order valence-electron chi connectivity index (χ1n) is 9.36. The number of nitrogens with zero attached hydrogens (tertiary/aromatic N) is 7. The molecule has 146 valence electrons. The molecule has 0 radical (unpaired) electrons. The number of rotatable bonds is 5. The molecule has 0 unspecified atom stereocenters. The number of carbonyl (C=O) groups is 1. The van der Waals surface area contributed by atoms with Crippen molar-refractivity contribution in [2.75, 3.05) is 13.1 Å². The lowest BCUT2D eigenvalue weighted by molar-refractivity contribution is -0.136. The minimum Gasteiger partial charge on any atom is -0.341 e. The van der Waals surface area contributed by atoms with Crippen LogP contribution in [0.15, 0.2) is 41.5 Å². The molecule has 0 bridgehead atoms. The van der Waals surface area contributed by atoms with E-state index in [0.29, 0.717) is 25.4 Å². The second-order valence-electron chi connectivity index (χ2n) is 7.05. The SMILES string of the molecule is C[C@@H](C(=O)N1CCC(Cc2n[nH]c(=O)n2-c2ccccc2)CC1)n1cnnn1. The highest BCUT2D eigenvalue weighted by molar-refractivity contribution is 5.80. The first-order valence-corrected chi connectivity index (χ1v) is 9.36. The fourth-order valence-electron chi connectivity index (χ4n) is 3.65. The maximum atomic E-state index is 12.7. The predicted octanol–water partition coefficient (Wildman–Crippen LogP) is 0.589. The van der Waals surface area contributed by atoms with Crippen molar-refractivity contribution in [1.82, 2.24) is 39.9 Å². The van der Waals surface area contributed by atoms with Crippen LogP contribution in [0.1, 0.15) is 31.6 Å². The van der Waals surface area contributed by atoms with Gasteiger partial charge >= 0.3 is 5.69 Å². The number of amides is 1. The van der Waals surface area contributed by atoms with Crippen LogP contribution < -0.4 is 5.69 Å². The second kappa shape index (κ2) is 7.75. The number of aromatic nitrogens is 7. The van der Waals surface area contributed by atoms with Crippen molar-refractivity contribution in [2.45, 2.75) is 32.2 Å². The largest absolute Gasteiger partial charge is 0.347 e. The van der Waals surface area contributed by atoms with Crippen LogP contribution in [0, 0.1) is 5.92 Å². The number of tetrazole rings is 1. The summed E-state index contributed by atoms with van der Waals surface area (Å²) >= 11 is 0. The molecule has 10 heteroatoms. The van der Waals surface area contributed by atoms with Gasteiger partial charge in [-0.2, -0.15) is 5.10 Å². The van der Waals surface area contributed by atoms with Crippen molar-refractivity contribution in [2.24, 2.45) is 5.92 Å². The van der Waals surface area contributed by atoms with Gasteiger partial charge in [-0.3, -0.25) is 4.79 Å². The third-order valence-electron chi connectivity index (χ3n) is 5.27. The number of aromatic amines is 1. The number of carbonyl (C=O) groups excluding carboxylic acids is 1. The van der Waals surface area contributed by atoms with E-state index in [2.05, 4.69) is 25.7 Å². The molecule has 1 aromatic carbocycles. The standard InChI is InChI=1S/C18H22N8O2/c1-13(25-12-19-22-23-25)17(27)24-9-7-14(8-10-24)11-16-20-21-18(28)26(16)15-5-3-2-4-6-15/h2-6,12-14H,7-11H2,1H3,(H,21,28)/t13-/m0/s1. The quantitative estimate of drug-likeness (QED) is 0.691. The Labute approximate surface area is 161 Å². The second-order valence-corrected chi connectivity index (χ2v) is 7.05. The van der Waals surface area contributed by atoms with Gasteiger partial charge < -0.3 is 4.90 Å². The number of piperidine rings is 1. The molecule has 3 heterocycles. The van der Waals surface area contributed by atoms with Gasteiger partial charge in [0, 0.05) is 19.5 Å². The average Bonchev–Trinajstić information content (AvgIpc) is 3.38. The summed E-state index contributed by atoms with van der Waals surface area (Å²) in [4.78, 5) is 26.7. The summed E-state index contributed by atoms with van der Waals surface area (Å²) in [7, 11) is 0. The Hall–Kier alpha value is -3.30. The third-order valence-corrected chi connectivity index (χ3v) is 5.27. The number of para-hydroxylation sites is 1. The molecular weight excluding hydrogens is 360 g/mol. The molecule has 0 saturated carbocycles. The van der Waals surface area contributed by atoms with Crippen LogP contribution in [0.3, 0.4) is 0 Å². The fraction of sp³-hybridized carbons (Fsp3) is 0.444. The number of hydrogen-bond acceptors (Lipinski definition) is 6. The van der Waals surface area contributed by atoms with Crippen LogP contribution in [-0.4, -0.2) is 58.9 Å². The molecule has 0 aliphatic carbocycles. The number of nitrogens with one attached hydrogen (secondary N) is 1. The molecule has 3 aromatic rings. The van der Waals surface area contributed by atoms with E-state index < -0.39 is 6.04 Å². The van der Waals surface area contributed by atoms with E-state index >= 15 is 0 Å². The summed E-state index contributed by atoms with van der Waals surface area (Å²) in [6.07, 6.45) is 3.88. The molecule has 1 saturated heterocycles. The van der Waals surface area contributed by atoms with Crippen molar-refractivity contribution in [3.8, 4) is 5.69 Å². The average molecular weight is 382 g/mol. The number of likely N-dealkylation sites (tertiary alicyclic amines) is 1. The summed E-state index contributed by atoms with van der Waals surface area (Å²) in [5.74, 6) is 1.11. The highest BCUT2D eigenvalue weighted by atomic mass is 16.2. The Morgan fingerprint density at radius 3 is 2.68 bits per heavy atom. The highest BCUT2D eigenvalue weighted by Gasteiger charge is 2.28. The van der Waals surface area contributed by atoms with E-state index in [1.54, 1.807) is 11.5 Å². The van der Waals surface area contributed by atoms with E-state index in [1.807, 2.05) is 35.2 Å². The number of benzene rings is 1. The van der Waals surface area contributed by atoms with Gasteiger partial charge in [0.2, 0.25) is 5.91 Å². The Bertz CT molecular complexity index is 971. The zero-order chi connectivity index (χ0) is 19.5. The molecule has 4 rings (SSSR count). The third kappa shape index (κ3) is 3.57.